The van der Waals surface area contributed by atoms with Crippen LogP contribution in [-0.4, -0.2) is 16.5 Å². The first kappa shape index (κ1) is 13.7. The largest absolute Gasteiger partial charge is 0.330 e. The van der Waals surface area contributed by atoms with Gasteiger partial charge in [0.25, 0.3) is 5.56 Å². The molecule has 4 nitrogen and oxygen atoms in total. The number of benzene rings is 1. The third-order valence-electron chi connectivity index (χ3n) is 2.34. The summed E-state index contributed by atoms with van der Waals surface area (Å²) in [5, 5.41) is 0.136. The maximum absolute atomic E-state index is 13.8. The number of halogens is 2. The van der Waals surface area contributed by atoms with Gasteiger partial charge in [-0.1, -0.05) is 0 Å². The van der Waals surface area contributed by atoms with Gasteiger partial charge in [0.15, 0.2) is 5.16 Å². The summed E-state index contributed by atoms with van der Waals surface area (Å²) in [5.41, 5.74) is 5.46. The number of nitrogens with one attached hydrogen (secondary N) is 1. The van der Waals surface area contributed by atoms with E-state index in [-0.39, 0.29) is 15.6 Å². The van der Waals surface area contributed by atoms with Gasteiger partial charge in [-0.2, -0.15) is 0 Å². The highest BCUT2D eigenvalue weighted by Gasteiger charge is 2.13. The predicted octanol–water partition coefficient (Wildman–Crippen LogP) is 1.70. The van der Waals surface area contributed by atoms with Crippen molar-refractivity contribution < 1.29 is 8.78 Å². The van der Waals surface area contributed by atoms with Crippen molar-refractivity contribution in [2.45, 2.75) is 16.5 Å². The van der Waals surface area contributed by atoms with Crippen LogP contribution in [-0.2, 0) is 6.42 Å². The van der Waals surface area contributed by atoms with Crippen LogP contribution in [0.3, 0.4) is 0 Å². The smallest absolute Gasteiger partial charge is 0.251 e. The minimum Gasteiger partial charge on any atom is -0.330 e. The van der Waals surface area contributed by atoms with Crippen LogP contribution in [0.25, 0.3) is 0 Å². The van der Waals surface area contributed by atoms with E-state index < -0.39 is 11.6 Å². The van der Waals surface area contributed by atoms with Gasteiger partial charge >= 0.3 is 0 Å². The van der Waals surface area contributed by atoms with Gasteiger partial charge in [-0.05, 0) is 42.4 Å². The van der Waals surface area contributed by atoms with E-state index in [0.29, 0.717) is 18.5 Å². The van der Waals surface area contributed by atoms with Crippen LogP contribution in [0.2, 0.25) is 0 Å². The van der Waals surface area contributed by atoms with E-state index in [2.05, 4.69) is 9.97 Å². The van der Waals surface area contributed by atoms with Gasteiger partial charge in [-0.25, -0.2) is 13.8 Å². The number of hydrogen-bond acceptors (Lipinski definition) is 4. The summed E-state index contributed by atoms with van der Waals surface area (Å²) in [6.45, 7) is 0.318. The van der Waals surface area contributed by atoms with Crippen LogP contribution in [0.5, 0.6) is 0 Å². The van der Waals surface area contributed by atoms with Crippen LogP contribution in [0, 0.1) is 11.6 Å². The molecule has 19 heavy (non-hydrogen) atoms. The maximum Gasteiger partial charge on any atom is 0.251 e. The second-order valence-electron chi connectivity index (χ2n) is 3.77. The van der Waals surface area contributed by atoms with Gasteiger partial charge < -0.3 is 10.7 Å². The summed E-state index contributed by atoms with van der Waals surface area (Å²) in [4.78, 5) is 17.1. The molecule has 0 saturated heterocycles. The minimum absolute atomic E-state index is 0.136. The molecule has 1 aromatic heterocycles. The average Bonchev–Trinajstić information content (AvgIpc) is 2.34. The lowest BCUT2D eigenvalue weighted by atomic mass is 10.1. The fraction of sp³-hybridized carbons (Fsp3) is 0.167. The van der Waals surface area contributed by atoms with Crippen molar-refractivity contribution in [3.8, 4) is 0 Å². The van der Waals surface area contributed by atoms with E-state index in [9.17, 15) is 13.6 Å². The van der Waals surface area contributed by atoms with Gasteiger partial charge in [0.2, 0.25) is 0 Å². The zero-order chi connectivity index (χ0) is 13.8. The molecule has 0 fully saturated rings. The molecule has 0 spiro atoms. The Morgan fingerprint density at radius 2 is 2.00 bits per heavy atom. The third-order valence-corrected chi connectivity index (χ3v) is 3.33. The zero-order valence-corrected chi connectivity index (χ0v) is 10.6. The summed E-state index contributed by atoms with van der Waals surface area (Å²) in [7, 11) is 0. The molecule has 0 aliphatic carbocycles. The Kier molecular flexibility index (Phi) is 4.28. The summed E-state index contributed by atoms with van der Waals surface area (Å²) in [6.07, 6.45) is 1.68. The highest BCUT2D eigenvalue weighted by molar-refractivity contribution is 7.99. The highest BCUT2D eigenvalue weighted by atomic mass is 32.2. The predicted molar refractivity (Wildman–Crippen MR) is 68.1 cm³/mol. The average molecular weight is 283 g/mol. The molecule has 7 heteroatoms. The molecule has 0 amide bonds. The first-order valence-corrected chi connectivity index (χ1v) is 6.33. The fourth-order valence-electron chi connectivity index (χ4n) is 1.52. The molecular formula is C12H11F2N3OS. The molecular weight excluding hydrogens is 272 g/mol. The Bertz CT molecular complexity index is 622. The normalized spacial score (nSPS) is 10.7. The Labute approximate surface area is 112 Å². The van der Waals surface area contributed by atoms with Crippen molar-refractivity contribution in [1.82, 2.24) is 9.97 Å². The number of hydrogen-bond donors (Lipinski definition) is 2. The molecule has 3 N–H and O–H groups in total. The van der Waals surface area contributed by atoms with Crippen LogP contribution in [0.4, 0.5) is 8.78 Å². The number of aromatic nitrogens is 2. The van der Waals surface area contributed by atoms with Crippen molar-refractivity contribution in [2.24, 2.45) is 5.73 Å². The Morgan fingerprint density at radius 1 is 1.32 bits per heavy atom. The van der Waals surface area contributed by atoms with Crippen molar-refractivity contribution in [2.75, 3.05) is 6.54 Å². The van der Waals surface area contributed by atoms with Gasteiger partial charge in [0.05, 0.1) is 4.90 Å². The van der Waals surface area contributed by atoms with Crippen LogP contribution in [0.15, 0.2) is 39.2 Å². The second kappa shape index (κ2) is 5.94. The molecule has 0 bridgehead atoms. The van der Waals surface area contributed by atoms with E-state index in [1.165, 1.54) is 24.4 Å². The number of nitrogens with two attached hydrogens (primary N) is 1. The minimum atomic E-state index is -0.694. The van der Waals surface area contributed by atoms with Gasteiger partial charge in [-0.3, -0.25) is 4.79 Å². The summed E-state index contributed by atoms with van der Waals surface area (Å²) in [6, 6.07) is 3.69. The molecule has 0 atom stereocenters. The second-order valence-corrected chi connectivity index (χ2v) is 4.77. The Hall–Kier alpha value is -1.73. The number of H-pyrrole nitrogens is 1. The first-order valence-electron chi connectivity index (χ1n) is 5.51. The van der Waals surface area contributed by atoms with Crippen molar-refractivity contribution >= 4 is 11.8 Å². The van der Waals surface area contributed by atoms with E-state index in [1.54, 1.807) is 0 Å². The molecule has 100 valence electrons. The highest BCUT2D eigenvalue weighted by Crippen LogP contribution is 2.30. The topological polar surface area (TPSA) is 71.8 Å². The first-order chi connectivity index (χ1) is 9.10. The number of rotatable bonds is 4. The van der Waals surface area contributed by atoms with Gasteiger partial charge in [0, 0.05) is 12.3 Å². The third kappa shape index (κ3) is 3.39. The standard InChI is InChI=1S/C12H11F2N3OS/c13-8-5-7(1-3-15)6-9(14)11(8)19-12-16-4-2-10(18)17-12/h2,4-6H,1,3,15H2,(H,16,17,18). The quantitative estimate of drug-likeness (QED) is 0.838. The summed E-state index contributed by atoms with van der Waals surface area (Å²) in [5.74, 6) is -1.39. The van der Waals surface area contributed by atoms with Gasteiger partial charge in [0.1, 0.15) is 11.6 Å². The Morgan fingerprint density at radius 3 is 2.58 bits per heavy atom. The monoisotopic (exact) mass is 283 g/mol. The molecule has 0 radical (unpaired) electrons. The fourth-order valence-corrected chi connectivity index (χ4v) is 2.29. The van der Waals surface area contributed by atoms with Crippen molar-refractivity contribution in [3.63, 3.8) is 0 Å². The van der Waals surface area contributed by atoms with Crippen molar-refractivity contribution in [3.05, 3.63) is 51.9 Å². The van der Waals surface area contributed by atoms with Crippen molar-refractivity contribution in [1.29, 1.82) is 0 Å². The SMILES string of the molecule is NCCc1cc(F)c(Sc2nccc(=O)[nH]2)c(F)c1. The molecule has 2 rings (SSSR count). The van der Waals surface area contributed by atoms with E-state index >= 15 is 0 Å². The number of nitrogens with zero attached hydrogens (tertiary/aromatic N) is 1. The molecule has 1 heterocycles. The van der Waals surface area contributed by atoms with E-state index in [4.69, 9.17) is 5.73 Å². The molecule has 2 aromatic rings. The number of aromatic amines is 1. The van der Waals surface area contributed by atoms with Crippen LogP contribution >= 0.6 is 11.8 Å². The van der Waals surface area contributed by atoms with E-state index in [0.717, 1.165) is 11.8 Å². The Balaban J connectivity index is 2.33. The maximum atomic E-state index is 13.8. The van der Waals surface area contributed by atoms with Crippen LogP contribution in [0.1, 0.15) is 5.56 Å². The summed E-state index contributed by atoms with van der Waals surface area (Å²) < 4.78 is 27.6. The van der Waals surface area contributed by atoms with Gasteiger partial charge in [-0.15, -0.1) is 0 Å². The molecule has 0 aliphatic rings. The lowest BCUT2D eigenvalue weighted by molar-refractivity contribution is 0.537. The molecule has 0 saturated carbocycles. The van der Waals surface area contributed by atoms with E-state index in [1.807, 2.05) is 0 Å². The lowest BCUT2D eigenvalue weighted by Gasteiger charge is -2.06. The molecule has 0 unspecified atom stereocenters. The molecule has 0 aliphatic heterocycles. The zero-order valence-electron chi connectivity index (χ0n) is 9.82. The summed E-state index contributed by atoms with van der Waals surface area (Å²) >= 11 is 0.734. The molecule has 1 aromatic carbocycles. The van der Waals surface area contributed by atoms with Crippen LogP contribution < -0.4 is 11.3 Å². The lowest BCUT2D eigenvalue weighted by Crippen LogP contribution is -2.06.